The molecule has 0 saturated heterocycles. The number of aromatic amines is 1. The zero-order chi connectivity index (χ0) is 13.9. The van der Waals surface area contributed by atoms with Crippen molar-refractivity contribution < 1.29 is 4.79 Å². The van der Waals surface area contributed by atoms with Gasteiger partial charge in [-0.25, -0.2) is 10.1 Å². The van der Waals surface area contributed by atoms with Gasteiger partial charge in [-0.15, -0.1) is 0 Å². The van der Waals surface area contributed by atoms with Crippen molar-refractivity contribution in [2.24, 2.45) is 0 Å². The number of amides is 1. The lowest BCUT2D eigenvalue weighted by Gasteiger charge is -2.05. The topological polar surface area (TPSA) is 101 Å². The number of nitrogens with one attached hydrogen (secondary N) is 2. The van der Waals surface area contributed by atoms with Gasteiger partial charge >= 0.3 is 0 Å². The van der Waals surface area contributed by atoms with E-state index in [0.29, 0.717) is 16.6 Å². The van der Waals surface area contributed by atoms with Crippen LogP contribution in [-0.2, 0) is 0 Å². The van der Waals surface area contributed by atoms with Gasteiger partial charge in [0.2, 0.25) is 0 Å². The summed E-state index contributed by atoms with van der Waals surface area (Å²) >= 11 is 0. The van der Waals surface area contributed by atoms with Crippen molar-refractivity contribution in [2.75, 3.05) is 5.32 Å². The fourth-order valence-corrected chi connectivity index (χ4v) is 1.83. The summed E-state index contributed by atoms with van der Waals surface area (Å²) in [4.78, 5) is 31.6. The van der Waals surface area contributed by atoms with Crippen LogP contribution in [0.2, 0.25) is 0 Å². The van der Waals surface area contributed by atoms with E-state index >= 15 is 0 Å². The van der Waals surface area contributed by atoms with Crippen LogP contribution in [0.5, 0.6) is 0 Å². The number of rotatable bonds is 2. The highest BCUT2D eigenvalue weighted by Crippen LogP contribution is 2.13. The summed E-state index contributed by atoms with van der Waals surface area (Å²) in [7, 11) is 0. The van der Waals surface area contributed by atoms with E-state index in [0.717, 1.165) is 0 Å². The first kappa shape index (κ1) is 12.0. The van der Waals surface area contributed by atoms with Crippen LogP contribution in [0.25, 0.3) is 10.8 Å². The van der Waals surface area contributed by atoms with Crippen molar-refractivity contribution in [2.45, 2.75) is 0 Å². The van der Waals surface area contributed by atoms with Gasteiger partial charge in [0.15, 0.2) is 11.5 Å². The number of nitrogens with zero attached hydrogens (tertiary/aromatic N) is 3. The van der Waals surface area contributed by atoms with Gasteiger partial charge < -0.3 is 5.32 Å². The average Bonchev–Trinajstić information content (AvgIpc) is 2.49. The van der Waals surface area contributed by atoms with Crippen LogP contribution in [0, 0.1) is 0 Å². The Bertz CT molecular complexity index is 829. The Kier molecular flexibility index (Phi) is 2.92. The number of benzene rings is 1. The molecule has 7 heteroatoms. The van der Waals surface area contributed by atoms with E-state index in [1.54, 1.807) is 24.3 Å². The number of anilines is 1. The molecule has 2 N–H and O–H groups in total. The van der Waals surface area contributed by atoms with Gasteiger partial charge in [0.25, 0.3) is 11.5 Å². The molecule has 7 nitrogen and oxygen atoms in total. The second-order valence-electron chi connectivity index (χ2n) is 3.99. The van der Waals surface area contributed by atoms with Crippen LogP contribution in [0.1, 0.15) is 10.5 Å². The lowest BCUT2D eigenvalue weighted by atomic mass is 10.1. The van der Waals surface area contributed by atoms with Crippen molar-refractivity contribution in [1.82, 2.24) is 20.2 Å². The molecule has 0 aliphatic carbocycles. The molecule has 2 heterocycles. The van der Waals surface area contributed by atoms with Crippen molar-refractivity contribution in [1.29, 1.82) is 0 Å². The molecular formula is C13H9N5O2. The summed E-state index contributed by atoms with van der Waals surface area (Å²) in [5.74, 6) is -0.146. The smallest absolute Gasteiger partial charge is 0.277 e. The molecule has 0 saturated carbocycles. The zero-order valence-electron chi connectivity index (χ0n) is 10.2. The lowest BCUT2D eigenvalue weighted by Crippen LogP contribution is -2.19. The second kappa shape index (κ2) is 4.88. The Balaban J connectivity index is 2.04. The molecule has 0 spiro atoms. The third kappa shape index (κ3) is 2.12. The minimum absolute atomic E-state index is 0.130. The van der Waals surface area contributed by atoms with E-state index in [1.165, 1.54) is 18.6 Å². The maximum absolute atomic E-state index is 12.2. The Labute approximate surface area is 112 Å². The Morgan fingerprint density at radius 3 is 2.70 bits per heavy atom. The second-order valence-corrected chi connectivity index (χ2v) is 3.99. The first-order chi connectivity index (χ1) is 9.75. The Morgan fingerprint density at radius 1 is 1.15 bits per heavy atom. The fourth-order valence-electron chi connectivity index (χ4n) is 1.83. The minimum atomic E-state index is -0.460. The van der Waals surface area contributed by atoms with Gasteiger partial charge in [-0.2, -0.15) is 5.10 Å². The number of carbonyl (C=O) groups is 1. The van der Waals surface area contributed by atoms with Gasteiger partial charge in [0, 0.05) is 17.8 Å². The third-order valence-corrected chi connectivity index (χ3v) is 2.72. The maximum Gasteiger partial charge on any atom is 0.277 e. The number of aromatic nitrogens is 4. The highest BCUT2D eigenvalue weighted by molar-refractivity contribution is 6.10. The first-order valence-electron chi connectivity index (χ1n) is 5.80. The highest BCUT2D eigenvalue weighted by atomic mass is 16.2. The predicted molar refractivity (Wildman–Crippen MR) is 72.3 cm³/mol. The lowest BCUT2D eigenvalue weighted by molar-refractivity contribution is 0.102. The van der Waals surface area contributed by atoms with E-state index in [-0.39, 0.29) is 11.3 Å². The zero-order valence-corrected chi connectivity index (χ0v) is 10.2. The SMILES string of the molecule is O=C(Nc1cnccn1)c1n[nH]c(=O)c2ccccc12. The number of carbonyl (C=O) groups excluding carboxylic acids is 1. The summed E-state index contributed by atoms with van der Waals surface area (Å²) < 4.78 is 0. The van der Waals surface area contributed by atoms with Gasteiger partial charge in [0.05, 0.1) is 11.6 Å². The maximum atomic E-state index is 12.2. The molecule has 0 fully saturated rings. The van der Waals surface area contributed by atoms with Crippen LogP contribution in [-0.4, -0.2) is 26.1 Å². The monoisotopic (exact) mass is 267 g/mol. The van der Waals surface area contributed by atoms with Crippen LogP contribution >= 0.6 is 0 Å². The van der Waals surface area contributed by atoms with E-state index in [4.69, 9.17) is 0 Å². The number of fused-ring (bicyclic) bond motifs is 1. The normalized spacial score (nSPS) is 10.4. The van der Waals surface area contributed by atoms with Crippen molar-refractivity contribution in [3.05, 3.63) is 58.9 Å². The summed E-state index contributed by atoms with van der Waals surface area (Å²) in [6.45, 7) is 0. The summed E-state index contributed by atoms with van der Waals surface area (Å²) in [6, 6.07) is 6.77. The van der Waals surface area contributed by atoms with Crippen molar-refractivity contribution in [3.8, 4) is 0 Å². The molecule has 0 unspecified atom stereocenters. The summed E-state index contributed by atoms with van der Waals surface area (Å²) in [5.41, 5.74) is -0.206. The molecule has 1 amide bonds. The van der Waals surface area contributed by atoms with Crippen LogP contribution < -0.4 is 10.9 Å². The molecule has 0 aliphatic rings. The van der Waals surface area contributed by atoms with E-state index in [2.05, 4.69) is 25.5 Å². The molecule has 98 valence electrons. The fraction of sp³-hybridized carbons (Fsp3) is 0. The third-order valence-electron chi connectivity index (χ3n) is 2.72. The Hall–Kier alpha value is -3.09. The van der Waals surface area contributed by atoms with E-state index < -0.39 is 5.91 Å². The molecule has 3 rings (SSSR count). The van der Waals surface area contributed by atoms with E-state index in [1.807, 2.05) is 0 Å². The average molecular weight is 267 g/mol. The summed E-state index contributed by atoms with van der Waals surface area (Å²) in [5, 5.41) is 9.58. The highest BCUT2D eigenvalue weighted by Gasteiger charge is 2.14. The molecule has 0 bridgehead atoms. The van der Waals surface area contributed by atoms with Gasteiger partial charge in [-0.05, 0) is 6.07 Å². The molecular weight excluding hydrogens is 258 g/mol. The quantitative estimate of drug-likeness (QED) is 0.720. The van der Waals surface area contributed by atoms with Gasteiger partial charge in [-0.3, -0.25) is 14.6 Å². The molecule has 3 aromatic rings. The molecule has 1 aromatic carbocycles. The van der Waals surface area contributed by atoms with Crippen molar-refractivity contribution in [3.63, 3.8) is 0 Å². The van der Waals surface area contributed by atoms with Gasteiger partial charge in [-0.1, -0.05) is 18.2 Å². The van der Waals surface area contributed by atoms with E-state index in [9.17, 15) is 9.59 Å². The molecule has 0 aliphatic heterocycles. The van der Waals surface area contributed by atoms with Crippen LogP contribution in [0.4, 0.5) is 5.82 Å². The molecule has 0 atom stereocenters. The standard InChI is InChI=1S/C13H9N5O2/c19-12-9-4-2-1-3-8(9)11(17-18-12)13(20)16-10-7-14-5-6-15-10/h1-7H,(H,18,19)(H,15,16,20). The van der Waals surface area contributed by atoms with Crippen LogP contribution in [0.3, 0.4) is 0 Å². The largest absolute Gasteiger partial charge is 0.304 e. The predicted octanol–water partition coefficient (Wildman–Crippen LogP) is 0.965. The Morgan fingerprint density at radius 2 is 1.95 bits per heavy atom. The molecule has 0 radical (unpaired) electrons. The number of hydrogen-bond acceptors (Lipinski definition) is 5. The minimum Gasteiger partial charge on any atom is -0.304 e. The number of hydrogen-bond donors (Lipinski definition) is 2. The summed E-state index contributed by atoms with van der Waals surface area (Å²) in [6.07, 6.45) is 4.39. The van der Waals surface area contributed by atoms with Crippen LogP contribution in [0.15, 0.2) is 47.7 Å². The number of H-pyrrole nitrogens is 1. The van der Waals surface area contributed by atoms with Crippen molar-refractivity contribution >= 4 is 22.5 Å². The van der Waals surface area contributed by atoms with Gasteiger partial charge in [0.1, 0.15) is 0 Å². The molecule has 20 heavy (non-hydrogen) atoms. The first-order valence-corrected chi connectivity index (χ1v) is 5.80. The molecule has 2 aromatic heterocycles.